The van der Waals surface area contributed by atoms with E-state index in [-0.39, 0.29) is 5.41 Å². The van der Waals surface area contributed by atoms with Crippen LogP contribution in [0.1, 0.15) is 44.4 Å². The fourth-order valence-corrected chi connectivity index (χ4v) is 3.44. The molecule has 0 spiro atoms. The van der Waals surface area contributed by atoms with Crippen LogP contribution in [0.25, 0.3) is 16.7 Å². The molecule has 1 aliphatic carbocycles. The lowest BCUT2D eigenvalue weighted by Gasteiger charge is -2.21. The SMILES string of the molecule is C/C=C\C(=C/C)c1ccc2c(c1)-c1ccccc1C2(C)C. The molecule has 0 unspecified atom stereocenters. The molecule has 0 aliphatic heterocycles. The van der Waals surface area contributed by atoms with Gasteiger partial charge in [0.25, 0.3) is 0 Å². The third-order valence-corrected chi connectivity index (χ3v) is 4.57. The molecule has 0 atom stereocenters. The Labute approximate surface area is 127 Å². The normalized spacial score (nSPS) is 16.1. The topological polar surface area (TPSA) is 0 Å². The minimum atomic E-state index is 0.0984. The number of hydrogen-bond acceptors (Lipinski definition) is 0. The fourth-order valence-electron chi connectivity index (χ4n) is 3.44. The summed E-state index contributed by atoms with van der Waals surface area (Å²) < 4.78 is 0. The highest BCUT2D eigenvalue weighted by molar-refractivity contribution is 5.85. The second kappa shape index (κ2) is 5.04. The van der Waals surface area contributed by atoms with Gasteiger partial charge in [0.15, 0.2) is 0 Å². The third-order valence-electron chi connectivity index (χ3n) is 4.57. The molecule has 0 fully saturated rings. The van der Waals surface area contributed by atoms with E-state index in [2.05, 4.69) is 88.4 Å². The summed E-state index contributed by atoms with van der Waals surface area (Å²) in [6.45, 7) is 8.80. The van der Waals surface area contributed by atoms with E-state index < -0.39 is 0 Å². The first-order valence-corrected chi connectivity index (χ1v) is 7.63. The van der Waals surface area contributed by atoms with Gasteiger partial charge in [-0.2, -0.15) is 0 Å². The van der Waals surface area contributed by atoms with Gasteiger partial charge in [0, 0.05) is 5.41 Å². The lowest BCUT2D eigenvalue weighted by atomic mass is 9.82. The maximum Gasteiger partial charge on any atom is 0.0158 e. The molecule has 0 heterocycles. The Morgan fingerprint density at radius 2 is 1.62 bits per heavy atom. The van der Waals surface area contributed by atoms with Crippen LogP contribution in [0.3, 0.4) is 0 Å². The first-order valence-electron chi connectivity index (χ1n) is 7.63. The highest BCUT2D eigenvalue weighted by atomic mass is 14.4. The second-order valence-corrected chi connectivity index (χ2v) is 6.17. The zero-order valence-corrected chi connectivity index (χ0v) is 13.3. The van der Waals surface area contributed by atoms with Crippen LogP contribution >= 0.6 is 0 Å². The number of allylic oxidation sites excluding steroid dienone is 4. The van der Waals surface area contributed by atoms with Crippen molar-refractivity contribution in [1.29, 1.82) is 0 Å². The van der Waals surface area contributed by atoms with Crippen LogP contribution in [0.5, 0.6) is 0 Å². The summed E-state index contributed by atoms with van der Waals surface area (Å²) >= 11 is 0. The van der Waals surface area contributed by atoms with E-state index in [1.165, 1.54) is 33.4 Å². The van der Waals surface area contributed by atoms with Crippen molar-refractivity contribution in [2.75, 3.05) is 0 Å². The second-order valence-electron chi connectivity index (χ2n) is 6.17. The smallest absolute Gasteiger partial charge is 0.0158 e. The van der Waals surface area contributed by atoms with Crippen LogP contribution in [0.15, 0.2) is 60.7 Å². The molecule has 0 amide bonds. The predicted octanol–water partition coefficient (Wildman–Crippen LogP) is 5.97. The molecule has 0 saturated heterocycles. The third kappa shape index (κ3) is 2.06. The van der Waals surface area contributed by atoms with Crippen molar-refractivity contribution in [3.8, 4) is 11.1 Å². The lowest BCUT2D eigenvalue weighted by molar-refractivity contribution is 0.660. The van der Waals surface area contributed by atoms with Crippen molar-refractivity contribution in [2.45, 2.75) is 33.1 Å². The molecule has 0 N–H and O–H groups in total. The molecule has 0 radical (unpaired) electrons. The van der Waals surface area contributed by atoms with Crippen LogP contribution in [0.4, 0.5) is 0 Å². The van der Waals surface area contributed by atoms with Crippen LogP contribution < -0.4 is 0 Å². The van der Waals surface area contributed by atoms with Gasteiger partial charge in [-0.05, 0) is 53.3 Å². The molecule has 3 rings (SSSR count). The van der Waals surface area contributed by atoms with Crippen LogP contribution in [0, 0.1) is 0 Å². The van der Waals surface area contributed by atoms with Gasteiger partial charge in [-0.25, -0.2) is 0 Å². The lowest BCUT2D eigenvalue weighted by Crippen LogP contribution is -2.14. The summed E-state index contributed by atoms with van der Waals surface area (Å²) in [4.78, 5) is 0. The van der Waals surface area contributed by atoms with Gasteiger partial charge in [0.1, 0.15) is 0 Å². The Kier molecular flexibility index (Phi) is 3.33. The van der Waals surface area contributed by atoms with E-state index in [0.717, 1.165) is 0 Å². The van der Waals surface area contributed by atoms with Gasteiger partial charge in [-0.3, -0.25) is 0 Å². The Morgan fingerprint density at radius 3 is 2.33 bits per heavy atom. The monoisotopic (exact) mass is 274 g/mol. The standard InChI is InChI=1S/C21H22/c1-5-9-15(6-2)16-12-13-20-18(14-16)17-10-7-8-11-19(17)21(20,3)4/h5-14H,1-4H3/b9-5-,15-6+. The summed E-state index contributed by atoms with van der Waals surface area (Å²) in [6.07, 6.45) is 6.45. The first-order chi connectivity index (χ1) is 10.1. The van der Waals surface area contributed by atoms with E-state index >= 15 is 0 Å². The molecule has 0 heteroatoms. The summed E-state index contributed by atoms with van der Waals surface area (Å²) in [5.74, 6) is 0. The molecule has 2 aromatic rings. The number of hydrogen-bond donors (Lipinski definition) is 0. The molecule has 0 nitrogen and oxygen atoms in total. The Morgan fingerprint density at radius 1 is 0.905 bits per heavy atom. The number of benzene rings is 2. The Bertz CT molecular complexity index is 742. The molecule has 0 bridgehead atoms. The van der Waals surface area contributed by atoms with Crippen LogP contribution in [0.2, 0.25) is 0 Å². The number of fused-ring (bicyclic) bond motifs is 3. The average molecular weight is 274 g/mol. The van der Waals surface area contributed by atoms with Gasteiger partial charge in [-0.1, -0.05) is 68.5 Å². The minimum absolute atomic E-state index is 0.0984. The Balaban J connectivity index is 2.22. The minimum Gasteiger partial charge on any atom is -0.0871 e. The quantitative estimate of drug-likeness (QED) is 0.592. The van der Waals surface area contributed by atoms with Gasteiger partial charge < -0.3 is 0 Å². The van der Waals surface area contributed by atoms with Crippen molar-refractivity contribution in [2.24, 2.45) is 0 Å². The van der Waals surface area contributed by atoms with Crippen molar-refractivity contribution >= 4 is 5.57 Å². The van der Waals surface area contributed by atoms with E-state index in [1.54, 1.807) is 0 Å². The maximum atomic E-state index is 2.35. The molecular weight excluding hydrogens is 252 g/mol. The summed E-state index contributed by atoms with van der Waals surface area (Å²) in [5.41, 5.74) is 8.31. The molecule has 0 saturated carbocycles. The van der Waals surface area contributed by atoms with Crippen molar-refractivity contribution in [3.05, 3.63) is 77.4 Å². The zero-order chi connectivity index (χ0) is 15.0. The molecule has 2 aromatic carbocycles. The zero-order valence-electron chi connectivity index (χ0n) is 13.3. The fraction of sp³-hybridized carbons (Fsp3) is 0.238. The van der Waals surface area contributed by atoms with Crippen molar-refractivity contribution in [3.63, 3.8) is 0 Å². The number of rotatable bonds is 2. The summed E-state index contributed by atoms with van der Waals surface area (Å²) in [6, 6.07) is 15.7. The molecule has 21 heavy (non-hydrogen) atoms. The first kappa shape index (κ1) is 13.9. The van der Waals surface area contributed by atoms with Crippen LogP contribution in [-0.4, -0.2) is 0 Å². The van der Waals surface area contributed by atoms with Gasteiger partial charge in [-0.15, -0.1) is 0 Å². The predicted molar refractivity (Wildman–Crippen MR) is 92.5 cm³/mol. The van der Waals surface area contributed by atoms with E-state index in [0.29, 0.717) is 0 Å². The highest BCUT2D eigenvalue weighted by Crippen LogP contribution is 2.49. The van der Waals surface area contributed by atoms with Gasteiger partial charge in [0.2, 0.25) is 0 Å². The van der Waals surface area contributed by atoms with Crippen molar-refractivity contribution in [1.82, 2.24) is 0 Å². The molecular formula is C21H22. The van der Waals surface area contributed by atoms with E-state index in [4.69, 9.17) is 0 Å². The van der Waals surface area contributed by atoms with E-state index in [1.807, 2.05) is 0 Å². The molecule has 0 aromatic heterocycles. The van der Waals surface area contributed by atoms with Gasteiger partial charge >= 0.3 is 0 Å². The molecule has 1 aliphatic rings. The maximum absolute atomic E-state index is 2.35. The van der Waals surface area contributed by atoms with Gasteiger partial charge in [0.05, 0.1) is 0 Å². The molecule has 106 valence electrons. The van der Waals surface area contributed by atoms with Crippen molar-refractivity contribution < 1.29 is 0 Å². The summed E-state index contributed by atoms with van der Waals surface area (Å²) in [5, 5.41) is 0. The summed E-state index contributed by atoms with van der Waals surface area (Å²) in [7, 11) is 0. The highest BCUT2D eigenvalue weighted by Gasteiger charge is 2.34. The van der Waals surface area contributed by atoms with E-state index in [9.17, 15) is 0 Å². The Hall–Kier alpha value is -2.08. The van der Waals surface area contributed by atoms with Crippen LogP contribution in [-0.2, 0) is 5.41 Å². The largest absolute Gasteiger partial charge is 0.0871 e. The average Bonchev–Trinajstić information content (AvgIpc) is 2.73.